The summed E-state index contributed by atoms with van der Waals surface area (Å²) in [6, 6.07) is -2.60. The fourth-order valence-corrected chi connectivity index (χ4v) is 1.87. The van der Waals surface area contributed by atoms with E-state index in [0.717, 1.165) is 13.1 Å². The maximum absolute atomic E-state index is 11.8. The molecule has 1 aliphatic carbocycles. The average Bonchev–Trinajstić information content (AvgIpc) is 2.56. The number of carbonyl (C=O) groups is 1. The molecule has 0 radical (unpaired) electrons. The highest BCUT2D eigenvalue weighted by atomic mass is 16.3. The van der Waals surface area contributed by atoms with E-state index >= 15 is 0 Å². The highest BCUT2D eigenvalue weighted by Crippen LogP contribution is 2.27. The van der Waals surface area contributed by atoms with Crippen molar-refractivity contribution in [1.82, 2.24) is 9.97 Å². The second-order valence-corrected chi connectivity index (χ2v) is 6.36. The molecular weight excluding hydrogens is 294 g/mol. The van der Waals surface area contributed by atoms with Crippen molar-refractivity contribution in [2.45, 2.75) is 64.5 Å². The van der Waals surface area contributed by atoms with Gasteiger partial charge in [0.25, 0.3) is 5.91 Å². The Morgan fingerprint density at radius 2 is 2.22 bits per heavy atom. The smallest absolute Gasteiger partial charge is 0.254 e. The van der Waals surface area contributed by atoms with Gasteiger partial charge in [0.05, 0.1) is 13.0 Å². The van der Waals surface area contributed by atoms with Crippen LogP contribution in [0.25, 0.3) is 0 Å². The quantitative estimate of drug-likeness (QED) is 0.670. The molecule has 5 N–H and O–H groups in total. The van der Waals surface area contributed by atoms with Crippen LogP contribution in [0.5, 0.6) is 0 Å². The monoisotopic (exact) mass is 327 g/mol. The Kier molecular flexibility index (Phi) is 3.15. The van der Waals surface area contributed by atoms with Crippen LogP contribution in [0.15, 0.2) is 6.20 Å². The Labute approximate surface area is 145 Å². The van der Waals surface area contributed by atoms with E-state index in [2.05, 4.69) is 20.6 Å². The summed E-state index contributed by atoms with van der Waals surface area (Å²) in [5.41, 5.74) is 4.65. The third-order valence-corrected chi connectivity index (χ3v) is 3.03. The number of nitrogens with two attached hydrogens (primary N) is 1. The number of aliphatic hydroxyl groups excluding tert-OH is 1. The van der Waals surface area contributed by atoms with Crippen LogP contribution in [-0.2, 0) is 0 Å². The molecule has 0 bridgehead atoms. The zero-order chi connectivity index (χ0) is 22.6. The first-order chi connectivity index (χ1) is 12.9. The summed E-state index contributed by atoms with van der Waals surface area (Å²) in [5, 5.41) is 15.8. The van der Waals surface area contributed by atoms with Gasteiger partial charge in [-0.05, 0) is 45.8 Å². The fourth-order valence-electron chi connectivity index (χ4n) is 1.87. The summed E-state index contributed by atoms with van der Waals surface area (Å²) in [4.78, 5) is 19.9. The molecule has 23 heavy (non-hydrogen) atoms. The van der Waals surface area contributed by atoms with Crippen LogP contribution in [0.2, 0.25) is 0 Å². The van der Waals surface area contributed by atoms with Crippen LogP contribution in [0.4, 0.5) is 11.8 Å². The number of primary amides is 1. The van der Waals surface area contributed by atoms with E-state index in [-0.39, 0.29) is 17.3 Å². The van der Waals surface area contributed by atoms with E-state index in [1.54, 1.807) is 0 Å². The molecule has 1 saturated carbocycles. The minimum atomic E-state index is -2.83. The van der Waals surface area contributed by atoms with Gasteiger partial charge < -0.3 is 21.5 Å². The normalized spacial score (nSPS) is 43.8. The first-order valence-electron chi connectivity index (χ1n) is 10.4. The van der Waals surface area contributed by atoms with E-state index in [0.29, 0.717) is 0 Å². The lowest BCUT2D eigenvalue weighted by Crippen LogP contribution is -2.36. The molecule has 2 rings (SSSR count). The van der Waals surface area contributed by atoms with Crippen LogP contribution in [0.1, 0.15) is 65.4 Å². The number of carbonyl (C=O) groups excluding carboxylic acids is 1. The number of nitrogens with one attached hydrogen (secondary N) is 2. The van der Waals surface area contributed by atoms with E-state index in [4.69, 9.17) is 14.0 Å². The average molecular weight is 327 g/mol. The second-order valence-electron chi connectivity index (χ2n) is 6.36. The number of aromatic nitrogens is 2. The molecule has 1 aromatic heterocycles. The molecule has 5 unspecified atom stereocenters. The molecule has 0 aromatic carbocycles. The summed E-state index contributed by atoms with van der Waals surface area (Å²) in [6.45, 7) is 6.67. The van der Waals surface area contributed by atoms with Crippen molar-refractivity contribution >= 4 is 17.7 Å². The molecule has 0 spiro atoms. The molecule has 128 valence electrons. The van der Waals surface area contributed by atoms with Gasteiger partial charge in [-0.15, -0.1) is 0 Å². The van der Waals surface area contributed by atoms with Gasteiger partial charge in [-0.2, -0.15) is 4.98 Å². The highest BCUT2D eigenvalue weighted by molar-refractivity contribution is 5.97. The Morgan fingerprint density at radius 3 is 2.83 bits per heavy atom. The number of hydrogen-bond donors (Lipinski definition) is 4. The third kappa shape index (κ3) is 4.79. The van der Waals surface area contributed by atoms with Gasteiger partial charge in [0.1, 0.15) is 5.82 Å². The number of amides is 1. The molecule has 1 aromatic rings. The van der Waals surface area contributed by atoms with Crippen LogP contribution in [-0.4, -0.2) is 38.6 Å². The molecule has 0 saturated heterocycles. The maximum Gasteiger partial charge on any atom is 0.254 e. The van der Waals surface area contributed by atoms with E-state index in [1.807, 2.05) is 20.8 Å². The summed E-state index contributed by atoms with van der Waals surface area (Å²) >= 11 is 0. The largest absolute Gasteiger partial charge is 0.393 e. The molecular formula is C16H27N5O2. The van der Waals surface area contributed by atoms with Crippen molar-refractivity contribution < 1.29 is 18.1 Å². The van der Waals surface area contributed by atoms with Gasteiger partial charge in [0.15, 0.2) is 0 Å². The van der Waals surface area contributed by atoms with Crippen molar-refractivity contribution in [3.05, 3.63) is 11.8 Å². The molecule has 1 amide bonds. The van der Waals surface area contributed by atoms with Gasteiger partial charge in [-0.25, -0.2) is 4.98 Å². The molecule has 0 aliphatic heterocycles. The Morgan fingerprint density at radius 1 is 1.52 bits per heavy atom. The summed E-state index contributed by atoms with van der Waals surface area (Å²) < 4.78 is 49.6. The SMILES string of the molecule is [2H]C1C([2H])C([2H])(Nc2nc(NC(C)(C)C)ncc2C(N)=O)C([2H])([2H])C(O)C1([2H])C. The van der Waals surface area contributed by atoms with Crippen molar-refractivity contribution in [1.29, 1.82) is 0 Å². The van der Waals surface area contributed by atoms with Gasteiger partial charge in [-0.1, -0.05) is 6.92 Å². The molecule has 1 aliphatic rings. The van der Waals surface area contributed by atoms with Crippen molar-refractivity contribution in [2.24, 2.45) is 11.6 Å². The molecule has 7 heteroatoms. The Balaban J connectivity index is 2.57. The number of hydrogen-bond acceptors (Lipinski definition) is 6. The predicted octanol–water partition coefficient (Wildman–Crippen LogP) is 1.75. The van der Waals surface area contributed by atoms with E-state index in [9.17, 15) is 9.90 Å². The predicted molar refractivity (Wildman–Crippen MR) is 90.4 cm³/mol. The second kappa shape index (κ2) is 6.70. The van der Waals surface area contributed by atoms with E-state index in [1.165, 1.54) is 0 Å². The zero-order valence-corrected chi connectivity index (χ0v) is 13.6. The lowest BCUT2D eigenvalue weighted by atomic mass is 9.85. The van der Waals surface area contributed by atoms with Crippen LogP contribution in [0.3, 0.4) is 0 Å². The van der Waals surface area contributed by atoms with Crippen molar-refractivity contribution in [2.75, 3.05) is 10.6 Å². The Bertz CT molecular complexity index is 802. The summed E-state index contributed by atoms with van der Waals surface area (Å²) in [6.07, 6.45) is -7.17. The first-order valence-corrected chi connectivity index (χ1v) is 7.21. The van der Waals surface area contributed by atoms with Gasteiger partial charge in [-0.3, -0.25) is 4.79 Å². The standard InChI is InChI=1S/C16H27N5O2/c1-9-5-6-10(7-12(9)22)19-14-11(13(17)23)8-18-15(20-14)21-16(2,3)4/h8-10,12,22H,5-7H2,1-4H3,(H2,17,23)(H2,18,19,20,21)/i5D,6D,7D2,9D,10D. The van der Waals surface area contributed by atoms with Gasteiger partial charge in [0.2, 0.25) is 5.95 Å². The zero-order valence-electron chi connectivity index (χ0n) is 19.6. The van der Waals surface area contributed by atoms with Crippen LogP contribution < -0.4 is 16.4 Å². The van der Waals surface area contributed by atoms with Crippen molar-refractivity contribution in [3.63, 3.8) is 0 Å². The molecule has 1 fully saturated rings. The lowest BCUT2D eigenvalue weighted by Gasteiger charge is -2.32. The maximum atomic E-state index is 11.8. The number of aliphatic hydroxyl groups is 1. The Hall–Kier alpha value is -1.89. The summed E-state index contributed by atoms with van der Waals surface area (Å²) in [7, 11) is 0. The van der Waals surface area contributed by atoms with E-state index < -0.39 is 48.6 Å². The summed E-state index contributed by atoms with van der Waals surface area (Å²) in [5.74, 6) is -3.19. The van der Waals surface area contributed by atoms with Crippen molar-refractivity contribution in [3.8, 4) is 0 Å². The molecule has 7 nitrogen and oxygen atoms in total. The molecule has 5 atom stereocenters. The minimum absolute atomic E-state index is 0.0693. The molecule has 1 heterocycles. The van der Waals surface area contributed by atoms with Gasteiger partial charge >= 0.3 is 0 Å². The van der Waals surface area contributed by atoms with Crippen LogP contribution >= 0.6 is 0 Å². The third-order valence-electron chi connectivity index (χ3n) is 3.03. The minimum Gasteiger partial charge on any atom is -0.393 e. The number of nitrogens with zero attached hydrogens (tertiary/aromatic N) is 2. The lowest BCUT2D eigenvalue weighted by molar-refractivity contribution is 0.0739. The topological polar surface area (TPSA) is 113 Å². The van der Waals surface area contributed by atoms with Gasteiger partial charge in [0, 0.05) is 24.6 Å². The van der Waals surface area contributed by atoms with Crippen LogP contribution in [0, 0.1) is 5.89 Å². The first kappa shape index (κ1) is 10.8. The number of rotatable bonds is 4. The fraction of sp³-hybridized carbons (Fsp3) is 0.688. The number of anilines is 2. The highest BCUT2D eigenvalue weighted by Gasteiger charge is 2.27.